The minimum atomic E-state index is 0.340. The Labute approximate surface area is 129 Å². The number of halogens is 1. The zero-order valence-corrected chi connectivity index (χ0v) is 12.9. The highest BCUT2D eigenvalue weighted by Crippen LogP contribution is 2.17. The highest BCUT2D eigenvalue weighted by atomic mass is 35.5. The van der Waals surface area contributed by atoms with Crippen LogP contribution in [-0.2, 0) is 18.0 Å². The third kappa shape index (κ3) is 4.88. The van der Waals surface area contributed by atoms with Crippen LogP contribution in [0.15, 0.2) is 30.3 Å². The first-order valence-electron chi connectivity index (χ1n) is 6.69. The molecule has 0 amide bonds. The first-order chi connectivity index (χ1) is 10.2. The highest BCUT2D eigenvalue weighted by Gasteiger charge is 2.06. The molecule has 0 aliphatic heterocycles. The lowest BCUT2D eigenvalue weighted by Crippen LogP contribution is -2.07. The number of hydrogen-bond acceptors (Lipinski definition) is 5. The van der Waals surface area contributed by atoms with Crippen LogP contribution in [-0.4, -0.2) is 23.6 Å². The topological polar surface area (TPSA) is 56.3 Å². The fourth-order valence-corrected chi connectivity index (χ4v) is 2.01. The molecule has 0 aliphatic carbocycles. The lowest BCUT2D eigenvalue weighted by Gasteiger charge is -2.10. The first kappa shape index (κ1) is 15.5. The zero-order valence-electron chi connectivity index (χ0n) is 12.1. The third-order valence-corrected chi connectivity index (χ3v) is 2.89. The monoisotopic (exact) mass is 307 g/mol. The maximum Gasteiger partial charge on any atom is 0.219 e. The van der Waals surface area contributed by atoms with E-state index in [1.807, 2.05) is 31.2 Å². The average Bonchev–Trinajstić information content (AvgIpc) is 2.46. The van der Waals surface area contributed by atoms with Gasteiger partial charge in [-0.1, -0.05) is 23.7 Å². The van der Waals surface area contributed by atoms with Crippen molar-refractivity contribution in [2.24, 2.45) is 0 Å². The molecule has 0 spiro atoms. The Hall–Kier alpha value is -1.85. The number of benzene rings is 1. The van der Waals surface area contributed by atoms with Crippen LogP contribution in [0.25, 0.3) is 0 Å². The van der Waals surface area contributed by atoms with E-state index in [9.17, 15) is 0 Å². The molecule has 0 bridgehead atoms. The molecule has 21 heavy (non-hydrogen) atoms. The summed E-state index contributed by atoms with van der Waals surface area (Å²) in [6.45, 7) is 3.52. The van der Waals surface area contributed by atoms with Crippen molar-refractivity contribution in [2.75, 3.05) is 19.0 Å². The Balaban J connectivity index is 2.10. The van der Waals surface area contributed by atoms with Crippen molar-refractivity contribution in [3.8, 4) is 5.88 Å². The van der Waals surface area contributed by atoms with Crippen molar-refractivity contribution in [3.05, 3.63) is 46.7 Å². The van der Waals surface area contributed by atoms with E-state index in [1.165, 1.54) is 0 Å². The molecule has 0 saturated carbocycles. The van der Waals surface area contributed by atoms with E-state index in [4.69, 9.17) is 21.1 Å². The molecule has 1 N–H and O–H groups in total. The van der Waals surface area contributed by atoms with Crippen LogP contribution < -0.4 is 10.1 Å². The molecule has 0 unspecified atom stereocenters. The van der Waals surface area contributed by atoms with Gasteiger partial charge in [0, 0.05) is 24.7 Å². The number of nitrogens with one attached hydrogen (secondary N) is 1. The molecule has 2 rings (SSSR count). The van der Waals surface area contributed by atoms with Gasteiger partial charge in [0.2, 0.25) is 5.88 Å². The third-order valence-electron chi connectivity index (χ3n) is 2.66. The summed E-state index contributed by atoms with van der Waals surface area (Å²) in [4.78, 5) is 8.65. The van der Waals surface area contributed by atoms with Crippen LogP contribution in [0.4, 0.5) is 5.82 Å². The van der Waals surface area contributed by atoms with Gasteiger partial charge >= 0.3 is 0 Å². The van der Waals surface area contributed by atoms with Crippen molar-refractivity contribution in [1.82, 2.24) is 9.97 Å². The van der Waals surface area contributed by atoms with Gasteiger partial charge in [-0.05, 0) is 24.6 Å². The quantitative estimate of drug-likeness (QED) is 0.850. The molecular weight excluding hydrogens is 290 g/mol. The smallest absolute Gasteiger partial charge is 0.219 e. The number of ether oxygens (including phenoxy) is 2. The molecule has 1 aromatic heterocycles. The Morgan fingerprint density at radius 2 is 2.05 bits per heavy atom. The van der Waals surface area contributed by atoms with Gasteiger partial charge in [-0.3, -0.25) is 0 Å². The SMILES string of the molecule is CCNc1cc(OCc2cccc(Cl)c2)nc(COC)n1. The predicted octanol–water partition coefficient (Wildman–Crippen LogP) is 3.29. The van der Waals surface area contributed by atoms with Gasteiger partial charge < -0.3 is 14.8 Å². The van der Waals surface area contributed by atoms with Crippen LogP contribution in [0.1, 0.15) is 18.3 Å². The van der Waals surface area contributed by atoms with E-state index in [-0.39, 0.29) is 0 Å². The van der Waals surface area contributed by atoms with E-state index in [0.29, 0.717) is 29.9 Å². The lowest BCUT2D eigenvalue weighted by molar-refractivity contribution is 0.176. The second kappa shape index (κ2) is 7.81. The van der Waals surface area contributed by atoms with Crippen LogP contribution >= 0.6 is 11.6 Å². The summed E-state index contributed by atoms with van der Waals surface area (Å²) >= 11 is 5.95. The normalized spacial score (nSPS) is 10.4. The number of nitrogens with zero attached hydrogens (tertiary/aromatic N) is 2. The van der Waals surface area contributed by atoms with Crippen molar-refractivity contribution in [2.45, 2.75) is 20.1 Å². The second-order valence-corrected chi connectivity index (χ2v) is 4.83. The van der Waals surface area contributed by atoms with Gasteiger partial charge in [0.15, 0.2) is 5.82 Å². The molecule has 1 heterocycles. The molecular formula is C15H18ClN3O2. The summed E-state index contributed by atoms with van der Waals surface area (Å²) in [5, 5.41) is 3.83. The van der Waals surface area contributed by atoms with Crippen LogP contribution in [0.3, 0.4) is 0 Å². The molecule has 6 heteroatoms. The van der Waals surface area contributed by atoms with Gasteiger partial charge in [0.05, 0.1) is 0 Å². The average molecular weight is 308 g/mol. The van der Waals surface area contributed by atoms with Crippen molar-refractivity contribution in [1.29, 1.82) is 0 Å². The first-order valence-corrected chi connectivity index (χ1v) is 7.07. The minimum absolute atomic E-state index is 0.340. The van der Waals surface area contributed by atoms with Crippen molar-refractivity contribution in [3.63, 3.8) is 0 Å². The summed E-state index contributed by atoms with van der Waals surface area (Å²) in [5.41, 5.74) is 0.986. The molecule has 112 valence electrons. The fourth-order valence-electron chi connectivity index (χ4n) is 1.80. The predicted molar refractivity (Wildman–Crippen MR) is 82.7 cm³/mol. The van der Waals surface area contributed by atoms with E-state index >= 15 is 0 Å². The second-order valence-electron chi connectivity index (χ2n) is 4.39. The largest absolute Gasteiger partial charge is 0.473 e. The number of methoxy groups -OCH3 is 1. The van der Waals surface area contributed by atoms with Crippen LogP contribution in [0, 0.1) is 0 Å². The summed E-state index contributed by atoms with van der Waals surface area (Å²) in [6, 6.07) is 9.31. The summed E-state index contributed by atoms with van der Waals surface area (Å²) in [6.07, 6.45) is 0. The molecule has 1 aromatic carbocycles. The number of anilines is 1. The van der Waals surface area contributed by atoms with Gasteiger partial charge in [-0.2, -0.15) is 4.98 Å². The maximum atomic E-state index is 5.95. The Morgan fingerprint density at radius 1 is 1.19 bits per heavy atom. The number of aromatic nitrogens is 2. The molecule has 0 saturated heterocycles. The van der Waals surface area contributed by atoms with Gasteiger partial charge in [0.25, 0.3) is 0 Å². The molecule has 0 radical (unpaired) electrons. The van der Waals surface area contributed by atoms with Gasteiger partial charge in [0.1, 0.15) is 19.0 Å². The van der Waals surface area contributed by atoms with E-state index in [0.717, 1.165) is 17.9 Å². The minimum Gasteiger partial charge on any atom is -0.473 e. The summed E-state index contributed by atoms with van der Waals surface area (Å²) in [7, 11) is 1.61. The van der Waals surface area contributed by atoms with Crippen LogP contribution in [0.2, 0.25) is 5.02 Å². The zero-order chi connectivity index (χ0) is 15.1. The molecule has 2 aromatic rings. The van der Waals surface area contributed by atoms with Gasteiger partial charge in [-0.25, -0.2) is 4.98 Å². The lowest BCUT2D eigenvalue weighted by atomic mass is 10.2. The van der Waals surface area contributed by atoms with Crippen molar-refractivity contribution >= 4 is 17.4 Å². The maximum absolute atomic E-state index is 5.95. The van der Waals surface area contributed by atoms with Gasteiger partial charge in [-0.15, -0.1) is 0 Å². The molecule has 0 aliphatic rings. The Kier molecular flexibility index (Phi) is 5.78. The van der Waals surface area contributed by atoms with E-state index < -0.39 is 0 Å². The van der Waals surface area contributed by atoms with E-state index in [2.05, 4.69) is 15.3 Å². The standard InChI is InChI=1S/C15H18ClN3O2/c1-3-17-13-8-15(19-14(18-13)10-20-2)21-9-11-5-4-6-12(16)7-11/h4-8H,3,9-10H2,1-2H3,(H,17,18,19). The molecule has 0 fully saturated rings. The van der Waals surface area contributed by atoms with Crippen molar-refractivity contribution < 1.29 is 9.47 Å². The van der Waals surface area contributed by atoms with Crippen LogP contribution in [0.5, 0.6) is 5.88 Å². The number of hydrogen-bond donors (Lipinski definition) is 1. The Morgan fingerprint density at radius 3 is 2.76 bits per heavy atom. The Bertz CT molecular complexity index is 569. The molecule has 5 nitrogen and oxygen atoms in total. The number of rotatable bonds is 7. The van der Waals surface area contributed by atoms with E-state index in [1.54, 1.807) is 13.2 Å². The fraction of sp³-hybridized carbons (Fsp3) is 0.333. The highest BCUT2D eigenvalue weighted by molar-refractivity contribution is 6.30. The summed E-state index contributed by atoms with van der Waals surface area (Å²) in [5.74, 6) is 1.81. The summed E-state index contributed by atoms with van der Waals surface area (Å²) < 4.78 is 10.8. The molecule has 0 atom stereocenters.